The lowest BCUT2D eigenvalue weighted by atomic mass is 9.93. The number of aromatic hydroxyl groups is 1. The van der Waals surface area contributed by atoms with Gasteiger partial charge in [-0.3, -0.25) is 0 Å². The molecule has 110 valence electrons. The maximum atomic E-state index is 13.3. The monoisotopic (exact) mass is 289 g/mol. The van der Waals surface area contributed by atoms with Crippen LogP contribution in [0.2, 0.25) is 0 Å². The van der Waals surface area contributed by atoms with Crippen molar-refractivity contribution < 1.29 is 19.0 Å². The smallest absolute Gasteiger partial charge is 0.160 e. The minimum Gasteiger partial charge on any atom is -0.504 e. The van der Waals surface area contributed by atoms with Crippen molar-refractivity contribution in [3.05, 3.63) is 53.3 Å². The molecule has 0 aliphatic carbocycles. The van der Waals surface area contributed by atoms with E-state index in [1.807, 2.05) is 6.07 Å². The summed E-state index contributed by atoms with van der Waals surface area (Å²) < 4.78 is 24.2. The third-order valence-electron chi connectivity index (χ3n) is 3.68. The van der Waals surface area contributed by atoms with E-state index in [1.165, 1.54) is 19.2 Å². The Morgan fingerprint density at radius 3 is 2.81 bits per heavy atom. The van der Waals surface area contributed by atoms with Gasteiger partial charge in [0.05, 0.1) is 7.11 Å². The number of halogens is 1. The standard InChI is InChI=1S/C16H16FNO3/c1-20-15-4-2-9(6-13(15)19)16-8-12(18)11-7-10(17)3-5-14(11)21-16/h2-7,12,16,19H,8,18H2,1H3/t12-,16?/m0/s1. The fourth-order valence-corrected chi connectivity index (χ4v) is 2.59. The molecule has 4 nitrogen and oxygen atoms in total. The van der Waals surface area contributed by atoms with Crippen LogP contribution in [0.25, 0.3) is 0 Å². The van der Waals surface area contributed by atoms with Crippen LogP contribution in [0, 0.1) is 5.82 Å². The summed E-state index contributed by atoms with van der Waals surface area (Å²) in [6, 6.07) is 9.13. The molecule has 0 bridgehead atoms. The van der Waals surface area contributed by atoms with Gasteiger partial charge in [0.1, 0.15) is 17.7 Å². The average Bonchev–Trinajstić information content (AvgIpc) is 2.47. The molecule has 0 fully saturated rings. The highest BCUT2D eigenvalue weighted by Crippen LogP contribution is 2.41. The number of methoxy groups -OCH3 is 1. The van der Waals surface area contributed by atoms with E-state index >= 15 is 0 Å². The van der Waals surface area contributed by atoms with Crippen molar-refractivity contribution in [3.63, 3.8) is 0 Å². The lowest BCUT2D eigenvalue weighted by molar-refractivity contribution is 0.160. The van der Waals surface area contributed by atoms with Crippen molar-refractivity contribution >= 4 is 0 Å². The zero-order chi connectivity index (χ0) is 15.0. The van der Waals surface area contributed by atoms with E-state index in [2.05, 4.69) is 0 Å². The van der Waals surface area contributed by atoms with Crippen molar-refractivity contribution in [1.82, 2.24) is 0 Å². The van der Waals surface area contributed by atoms with Crippen molar-refractivity contribution in [3.8, 4) is 17.2 Å². The fraction of sp³-hybridized carbons (Fsp3) is 0.250. The van der Waals surface area contributed by atoms with Gasteiger partial charge in [-0.2, -0.15) is 0 Å². The molecule has 21 heavy (non-hydrogen) atoms. The number of nitrogens with two attached hydrogens (primary N) is 1. The highest BCUT2D eigenvalue weighted by Gasteiger charge is 2.28. The van der Waals surface area contributed by atoms with Gasteiger partial charge in [-0.15, -0.1) is 0 Å². The molecule has 0 spiro atoms. The van der Waals surface area contributed by atoms with Gasteiger partial charge in [0, 0.05) is 18.0 Å². The maximum Gasteiger partial charge on any atom is 0.160 e. The largest absolute Gasteiger partial charge is 0.504 e. The average molecular weight is 289 g/mol. The van der Waals surface area contributed by atoms with Gasteiger partial charge in [0.25, 0.3) is 0 Å². The van der Waals surface area contributed by atoms with Crippen LogP contribution in [-0.4, -0.2) is 12.2 Å². The Morgan fingerprint density at radius 2 is 2.10 bits per heavy atom. The van der Waals surface area contributed by atoms with E-state index in [-0.39, 0.29) is 23.7 Å². The van der Waals surface area contributed by atoms with E-state index < -0.39 is 0 Å². The Kier molecular flexibility index (Phi) is 3.43. The van der Waals surface area contributed by atoms with Crippen LogP contribution in [0.15, 0.2) is 36.4 Å². The molecule has 1 heterocycles. The molecule has 1 aliphatic rings. The van der Waals surface area contributed by atoms with Gasteiger partial charge in [0.15, 0.2) is 11.5 Å². The zero-order valence-corrected chi connectivity index (χ0v) is 11.5. The number of ether oxygens (including phenoxy) is 2. The van der Waals surface area contributed by atoms with Crippen molar-refractivity contribution in [2.24, 2.45) is 5.73 Å². The molecule has 3 rings (SSSR count). The van der Waals surface area contributed by atoms with E-state index in [9.17, 15) is 9.50 Å². The van der Waals surface area contributed by atoms with E-state index in [0.717, 1.165) is 5.56 Å². The predicted molar refractivity (Wildman–Crippen MR) is 76.0 cm³/mol. The Hall–Kier alpha value is -2.27. The van der Waals surface area contributed by atoms with Crippen molar-refractivity contribution in [1.29, 1.82) is 0 Å². The lowest BCUT2D eigenvalue weighted by Crippen LogP contribution is -2.24. The van der Waals surface area contributed by atoms with Gasteiger partial charge in [-0.05, 0) is 35.9 Å². The summed E-state index contributed by atoms with van der Waals surface area (Å²) in [5.74, 6) is 0.710. The minimum atomic E-state index is -0.326. The normalized spacial score (nSPS) is 20.5. The Bertz CT molecular complexity index is 675. The molecule has 2 atom stereocenters. The third kappa shape index (κ3) is 2.52. The summed E-state index contributed by atoms with van der Waals surface area (Å²) in [5.41, 5.74) is 7.58. The second-order valence-electron chi connectivity index (χ2n) is 5.06. The second-order valence-corrected chi connectivity index (χ2v) is 5.06. The highest BCUT2D eigenvalue weighted by atomic mass is 19.1. The predicted octanol–water partition coefficient (Wildman–Crippen LogP) is 3.06. The molecule has 0 amide bonds. The second kappa shape index (κ2) is 5.26. The number of hydrogen-bond acceptors (Lipinski definition) is 4. The third-order valence-corrected chi connectivity index (χ3v) is 3.68. The van der Waals surface area contributed by atoms with Gasteiger partial charge >= 0.3 is 0 Å². The van der Waals surface area contributed by atoms with Crippen LogP contribution < -0.4 is 15.2 Å². The van der Waals surface area contributed by atoms with Gasteiger partial charge in [-0.25, -0.2) is 4.39 Å². The van der Waals surface area contributed by atoms with Crippen LogP contribution in [0.5, 0.6) is 17.2 Å². The first kappa shape index (κ1) is 13.7. The van der Waals surface area contributed by atoms with Crippen LogP contribution in [0.3, 0.4) is 0 Å². The molecule has 0 aromatic heterocycles. The molecule has 0 radical (unpaired) electrons. The molecule has 5 heteroatoms. The van der Waals surface area contributed by atoms with Crippen LogP contribution >= 0.6 is 0 Å². The molecule has 0 saturated carbocycles. The van der Waals surface area contributed by atoms with E-state index in [0.29, 0.717) is 23.5 Å². The molecule has 2 aromatic carbocycles. The number of fused-ring (bicyclic) bond motifs is 1. The number of benzene rings is 2. The van der Waals surface area contributed by atoms with Crippen LogP contribution in [0.4, 0.5) is 4.39 Å². The Morgan fingerprint density at radius 1 is 1.29 bits per heavy atom. The van der Waals surface area contributed by atoms with Gasteiger partial charge in [0.2, 0.25) is 0 Å². The van der Waals surface area contributed by atoms with Crippen molar-refractivity contribution in [2.45, 2.75) is 18.6 Å². The molecule has 2 aromatic rings. The molecule has 0 saturated heterocycles. The quantitative estimate of drug-likeness (QED) is 0.891. The Labute approximate surface area is 121 Å². The number of phenols is 1. The first-order valence-electron chi connectivity index (χ1n) is 6.67. The van der Waals surface area contributed by atoms with Gasteiger partial charge in [-0.1, -0.05) is 6.07 Å². The molecular formula is C16H16FNO3. The summed E-state index contributed by atoms with van der Waals surface area (Å²) in [7, 11) is 1.49. The SMILES string of the molecule is COc1ccc(C2C[C@H](N)c3cc(F)ccc3O2)cc1O. The molecule has 3 N–H and O–H groups in total. The Balaban J connectivity index is 1.92. The lowest BCUT2D eigenvalue weighted by Gasteiger charge is -2.30. The molecule has 1 unspecified atom stereocenters. The molecular weight excluding hydrogens is 273 g/mol. The van der Waals surface area contributed by atoms with Crippen molar-refractivity contribution in [2.75, 3.05) is 7.11 Å². The maximum absolute atomic E-state index is 13.3. The van der Waals surface area contributed by atoms with Gasteiger partial charge < -0.3 is 20.3 Å². The van der Waals surface area contributed by atoms with Crippen LogP contribution in [-0.2, 0) is 0 Å². The number of rotatable bonds is 2. The zero-order valence-electron chi connectivity index (χ0n) is 11.5. The number of phenolic OH excluding ortho intramolecular Hbond substituents is 1. The minimum absolute atomic E-state index is 0.0528. The first-order valence-corrected chi connectivity index (χ1v) is 6.67. The first-order chi connectivity index (χ1) is 10.1. The summed E-state index contributed by atoms with van der Waals surface area (Å²) >= 11 is 0. The fourth-order valence-electron chi connectivity index (χ4n) is 2.59. The topological polar surface area (TPSA) is 64.7 Å². The summed E-state index contributed by atoms with van der Waals surface area (Å²) in [6.07, 6.45) is 0.233. The number of hydrogen-bond donors (Lipinski definition) is 2. The van der Waals surface area contributed by atoms with E-state index in [4.69, 9.17) is 15.2 Å². The van der Waals surface area contributed by atoms with E-state index in [1.54, 1.807) is 18.2 Å². The summed E-state index contributed by atoms with van der Waals surface area (Å²) in [5, 5.41) is 9.86. The molecule has 1 aliphatic heterocycles. The summed E-state index contributed by atoms with van der Waals surface area (Å²) in [6.45, 7) is 0. The highest BCUT2D eigenvalue weighted by molar-refractivity contribution is 5.44. The summed E-state index contributed by atoms with van der Waals surface area (Å²) in [4.78, 5) is 0. The van der Waals surface area contributed by atoms with Crippen LogP contribution in [0.1, 0.15) is 29.7 Å².